The Bertz CT molecular complexity index is 642. The minimum atomic E-state index is -2.88. The fourth-order valence-corrected chi connectivity index (χ4v) is 9.58. The van der Waals surface area contributed by atoms with Gasteiger partial charge in [-0.1, -0.05) is 0 Å². The molecule has 1 N–H and O–H groups in total. The van der Waals surface area contributed by atoms with Crippen molar-refractivity contribution in [3.05, 3.63) is 54.6 Å². The normalized spacial score (nSPS) is 22.9. The van der Waals surface area contributed by atoms with Crippen LogP contribution in [0.1, 0.15) is 0 Å². The Hall–Kier alpha value is -1.13. The first-order chi connectivity index (χ1) is 8.22. The van der Waals surface area contributed by atoms with Gasteiger partial charge in [-0.25, -0.2) is 0 Å². The van der Waals surface area contributed by atoms with Gasteiger partial charge in [0.2, 0.25) is 0 Å². The zero-order chi connectivity index (χ0) is 11.9. The van der Waals surface area contributed by atoms with Crippen molar-refractivity contribution in [1.82, 2.24) is 3.74 Å². The van der Waals surface area contributed by atoms with Crippen LogP contribution in [0.25, 0.3) is 0 Å². The predicted octanol–water partition coefficient (Wildman–Crippen LogP) is 0.765. The van der Waals surface area contributed by atoms with Crippen molar-refractivity contribution >= 4 is 28.6 Å². The molecule has 1 aliphatic rings. The van der Waals surface area contributed by atoms with E-state index >= 15 is 0 Å². The van der Waals surface area contributed by atoms with Gasteiger partial charge in [0.1, 0.15) is 0 Å². The van der Waals surface area contributed by atoms with E-state index in [1.807, 2.05) is 42.5 Å². The molecule has 5 heteroatoms. The van der Waals surface area contributed by atoms with Gasteiger partial charge in [0, 0.05) is 0 Å². The molecule has 0 amide bonds. The molecule has 0 fully saturated rings. The molecule has 1 unspecified atom stereocenters. The van der Waals surface area contributed by atoms with Gasteiger partial charge in [0.05, 0.1) is 0 Å². The summed E-state index contributed by atoms with van der Waals surface area (Å²) in [5.41, 5.74) is 0. The van der Waals surface area contributed by atoms with Crippen molar-refractivity contribution < 1.29 is 8.04 Å². The average molecular weight is 312 g/mol. The van der Waals surface area contributed by atoms with Crippen LogP contribution in [-0.4, -0.2) is 18.3 Å². The molecule has 0 radical (unpaired) electrons. The third kappa shape index (κ3) is 1.63. The molecular formula is C12H11NO2SSe. The van der Waals surface area contributed by atoms with E-state index in [0.717, 1.165) is 9.36 Å². The SMILES string of the molecule is O=[Se]1N[SH](=O)(c2ccccc2)c2ccccc21. The second kappa shape index (κ2) is 3.96. The molecule has 2 aromatic carbocycles. The maximum atomic E-state index is 13.0. The van der Waals surface area contributed by atoms with Crippen LogP contribution >= 0.6 is 0 Å². The first-order valence-corrected chi connectivity index (χ1v) is 9.29. The first kappa shape index (κ1) is 11.0. The third-order valence-electron chi connectivity index (χ3n) is 2.74. The van der Waals surface area contributed by atoms with E-state index in [2.05, 4.69) is 3.74 Å². The minimum absolute atomic E-state index is 0.700. The topological polar surface area (TPSA) is 46.2 Å². The zero-order valence-corrected chi connectivity index (χ0v) is 11.5. The summed E-state index contributed by atoms with van der Waals surface area (Å²) in [5, 5.41) is 0. The van der Waals surface area contributed by atoms with Gasteiger partial charge in [0.25, 0.3) is 0 Å². The van der Waals surface area contributed by atoms with Gasteiger partial charge in [-0.3, -0.25) is 0 Å². The number of nitrogens with one attached hydrogen (secondary N) is 1. The summed E-state index contributed by atoms with van der Waals surface area (Å²) in [5.74, 6) is 0. The van der Waals surface area contributed by atoms with Crippen molar-refractivity contribution in [2.75, 3.05) is 0 Å². The van der Waals surface area contributed by atoms with Crippen molar-refractivity contribution in [3.8, 4) is 0 Å². The van der Waals surface area contributed by atoms with Crippen LogP contribution in [0.15, 0.2) is 64.4 Å². The van der Waals surface area contributed by atoms with Crippen molar-refractivity contribution in [3.63, 3.8) is 0 Å². The quantitative estimate of drug-likeness (QED) is 0.603. The van der Waals surface area contributed by atoms with Crippen LogP contribution in [0.4, 0.5) is 0 Å². The van der Waals surface area contributed by atoms with E-state index in [0.29, 0.717) is 4.90 Å². The standard InChI is InChI=1S/C12H11NO2SSe/c14-16(10-6-2-1-3-7-10)11-8-4-5-9-12(11)17(15)13-16/h1-9,16H,(H,13,14). The molecular weight excluding hydrogens is 301 g/mol. The van der Waals surface area contributed by atoms with Gasteiger partial charge in [-0.05, 0) is 0 Å². The van der Waals surface area contributed by atoms with Crippen LogP contribution in [0.3, 0.4) is 0 Å². The maximum absolute atomic E-state index is 13.0. The first-order valence-electron chi connectivity index (χ1n) is 5.17. The van der Waals surface area contributed by atoms with Crippen LogP contribution in [0, 0.1) is 0 Å². The van der Waals surface area contributed by atoms with Crippen LogP contribution < -0.4 is 8.20 Å². The monoisotopic (exact) mass is 313 g/mol. The Labute approximate surface area is 105 Å². The molecule has 17 heavy (non-hydrogen) atoms. The summed E-state index contributed by atoms with van der Waals surface area (Å²) in [6.45, 7) is 0. The average Bonchev–Trinajstić information content (AvgIpc) is 2.65. The second-order valence-electron chi connectivity index (χ2n) is 3.77. The molecule has 3 rings (SSSR count). The van der Waals surface area contributed by atoms with Crippen molar-refractivity contribution in [2.24, 2.45) is 0 Å². The molecule has 1 aliphatic heterocycles. The fraction of sp³-hybridized carbons (Fsp3) is 0. The van der Waals surface area contributed by atoms with Gasteiger partial charge < -0.3 is 0 Å². The Kier molecular flexibility index (Phi) is 2.56. The van der Waals surface area contributed by atoms with Crippen molar-refractivity contribution in [1.29, 1.82) is 0 Å². The molecule has 0 saturated heterocycles. The molecule has 1 atom stereocenters. The molecule has 3 nitrogen and oxygen atoms in total. The van der Waals surface area contributed by atoms with Gasteiger partial charge >= 0.3 is 105 Å². The predicted molar refractivity (Wildman–Crippen MR) is 68.2 cm³/mol. The summed E-state index contributed by atoms with van der Waals surface area (Å²) in [4.78, 5) is 1.42. The Morgan fingerprint density at radius 2 is 1.59 bits per heavy atom. The molecule has 0 aliphatic carbocycles. The molecule has 88 valence electrons. The number of hydrogen-bond acceptors (Lipinski definition) is 2. The molecule has 0 saturated carbocycles. The van der Waals surface area contributed by atoms with E-state index in [4.69, 9.17) is 0 Å². The molecule has 0 spiro atoms. The Morgan fingerprint density at radius 1 is 0.941 bits per heavy atom. The molecule has 1 heterocycles. The number of fused-ring (bicyclic) bond motifs is 1. The number of rotatable bonds is 1. The van der Waals surface area contributed by atoms with E-state index < -0.39 is 24.2 Å². The Balaban J connectivity index is 2.25. The summed E-state index contributed by atoms with van der Waals surface area (Å²) >= 11 is -2.36. The van der Waals surface area contributed by atoms with Crippen LogP contribution in [0.2, 0.25) is 0 Å². The van der Waals surface area contributed by atoms with E-state index in [1.165, 1.54) is 0 Å². The Morgan fingerprint density at radius 3 is 2.35 bits per heavy atom. The number of benzene rings is 2. The van der Waals surface area contributed by atoms with E-state index in [-0.39, 0.29) is 0 Å². The summed E-state index contributed by atoms with van der Waals surface area (Å²) in [6, 6.07) is 16.5. The van der Waals surface area contributed by atoms with Gasteiger partial charge in [0.15, 0.2) is 0 Å². The molecule has 0 aromatic heterocycles. The summed E-state index contributed by atoms with van der Waals surface area (Å²) in [7, 11) is -2.88. The second-order valence-corrected chi connectivity index (χ2v) is 9.37. The van der Waals surface area contributed by atoms with E-state index in [1.54, 1.807) is 12.1 Å². The third-order valence-corrected chi connectivity index (χ3v) is 9.84. The van der Waals surface area contributed by atoms with Crippen LogP contribution in [-0.2, 0) is 14.0 Å². The number of hydrogen-bond donors (Lipinski definition) is 2. The van der Waals surface area contributed by atoms with Crippen molar-refractivity contribution in [2.45, 2.75) is 9.79 Å². The zero-order valence-electron chi connectivity index (χ0n) is 8.87. The molecule has 0 bridgehead atoms. The summed E-state index contributed by atoms with van der Waals surface area (Å²) in [6.07, 6.45) is 0. The molecule has 2 aromatic rings. The van der Waals surface area contributed by atoms with Gasteiger partial charge in [-0.15, -0.1) is 0 Å². The fourth-order valence-electron chi connectivity index (χ4n) is 1.92. The van der Waals surface area contributed by atoms with Crippen LogP contribution in [0.5, 0.6) is 0 Å². The number of thiol groups is 1. The van der Waals surface area contributed by atoms with E-state index in [9.17, 15) is 8.04 Å². The summed E-state index contributed by atoms with van der Waals surface area (Å²) < 4.78 is 28.5. The van der Waals surface area contributed by atoms with Gasteiger partial charge in [-0.2, -0.15) is 0 Å².